The number of carbonyl (C=O) groups excluding carboxylic acids is 1. The normalized spacial score (nSPS) is 18.2. The lowest BCUT2D eigenvalue weighted by molar-refractivity contribution is -0.147. The Morgan fingerprint density at radius 2 is 1.71 bits per heavy atom. The van der Waals surface area contributed by atoms with Crippen molar-refractivity contribution in [3.8, 4) is 0 Å². The van der Waals surface area contributed by atoms with Gasteiger partial charge in [0.1, 0.15) is 0 Å². The molecule has 0 spiro atoms. The second-order valence-corrected chi connectivity index (χ2v) is 7.85. The van der Waals surface area contributed by atoms with Crippen LogP contribution in [0.1, 0.15) is 44.6 Å². The largest absolute Gasteiger partial charge is 0.465 e. The van der Waals surface area contributed by atoms with Crippen molar-refractivity contribution in [1.29, 1.82) is 0 Å². The van der Waals surface area contributed by atoms with Gasteiger partial charge in [-0.2, -0.15) is 0 Å². The van der Waals surface area contributed by atoms with Crippen LogP contribution in [-0.4, -0.2) is 25.7 Å². The van der Waals surface area contributed by atoms with Gasteiger partial charge in [0.2, 0.25) is 0 Å². The average molecular weight is 310 g/mol. The predicted molar refractivity (Wildman–Crippen MR) is 80.8 cm³/mol. The highest BCUT2D eigenvalue weighted by molar-refractivity contribution is 7.93. The van der Waals surface area contributed by atoms with Crippen LogP contribution in [0.2, 0.25) is 0 Å². The molecule has 0 aromatic heterocycles. The molecule has 0 N–H and O–H groups in total. The third-order valence-corrected chi connectivity index (χ3v) is 6.65. The number of benzene rings is 1. The molecular weight excluding hydrogens is 288 g/mol. The van der Waals surface area contributed by atoms with Crippen LogP contribution < -0.4 is 0 Å². The van der Waals surface area contributed by atoms with Crippen LogP contribution in [0.4, 0.5) is 0 Å². The molecule has 21 heavy (non-hydrogen) atoms. The van der Waals surface area contributed by atoms with E-state index in [4.69, 9.17) is 4.74 Å². The van der Waals surface area contributed by atoms with Crippen molar-refractivity contribution in [2.45, 2.75) is 55.6 Å². The minimum absolute atomic E-state index is 0.198. The summed E-state index contributed by atoms with van der Waals surface area (Å²) >= 11 is 0. The van der Waals surface area contributed by atoms with Gasteiger partial charge in [-0.1, -0.05) is 37.0 Å². The summed E-state index contributed by atoms with van der Waals surface area (Å²) in [4.78, 5) is 12.6. The number of ether oxygens (including phenoxy) is 1. The van der Waals surface area contributed by atoms with E-state index in [9.17, 15) is 13.2 Å². The quantitative estimate of drug-likeness (QED) is 0.802. The van der Waals surface area contributed by atoms with E-state index in [2.05, 4.69) is 0 Å². The van der Waals surface area contributed by atoms with E-state index in [-0.39, 0.29) is 11.5 Å². The van der Waals surface area contributed by atoms with Gasteiger partial charge in [0.15, 0.2) is 14.6 Å². The third-order valence-electron chi connectivity index (χ3n) is 4.15. The first-order chi connectivity index (χ1) is 9.94. The lowest BCUT2D eigenvalue weighted by Crippen LogP contribution is -2.49. The molecule has 0 saturated heterocycles. The van der Waals surface area contributed by atoms with Gasteiger partial charge in [0.25, 0.3) is 0 Å². The fourth-order valence-corrected chi connectivity index (χ4v) is 4.96. The molecular formula is C16H22O4S. The highest BCUT2D eigenvalue weighted by Crippen LogP contribution is 2.40. The van der Waals surface area contributed by atoms with Crippen molar-refractivity contribution in [3.05, 3.63) is 29.8 Å². The Hall–Kier alpha value is -1.36. The Morgan fingerprint density at radius 3 is 2.24 bits per heavy atom. The van der Waals surface area contributed by atoms with Crippen LogP contribution in [-0.2, 0) is 19.4 Å². The molecule has 2 rings (SSSR count). The first-order valence-electron chi connectivity index (χ1n) is 7.42. The number of hydrogen-bond donors (Lipinski definition) is 0. The van der Waals surface area contributed by atoms with Crippen molar-refractivity contribution < 1.29 is 17.9 Å². The predicted octanol–water partition coefficient (Wildman–Crippen LogP) is 3.03. The van der Waals surface area contributed by atoms with E-state index in [1.54, 1.807) is 31.2 Å². The molecule has 1 saturated carbocycles. The number of carbonyl (C=O) groups is 1. The maximum Gasteiger partial charge on any atom is 0.327 e. The maximum atomic E-state index is 13.0. The standard InChI is InChI=1S/C16H22O4S/c1-3-20-15(17)16(11-5-4-6-12-16)21(18,19)14-9-7-13(2)8-10-14/h7-10H,3-6,11-12H2,1-2H3. The zero-order valence-corrected chi connectivity index (χ0v) is 13.4. The van der Waals surface area contributed by atoms with Gasteiger partial charge in [-0.25, -0.2) is 8.42 Å². The second-order valence-electron chi connectivity index (χ2n) is 5.59. The van der Waals surface area contributed by atoms with Crippen LogP contribution in [0.15, 0.2) is 29.2 Å². The summed E-state index contributed by atoms with van der Waals surface area (Å²) in [6, 6.07) is 6.68. The number of sulfone groups is 1. The molecule has 4 nitrogen and oxygen atoms in total. The first-order valence-corrected chi connectivity index (χ1v) is 8.91. The molecule has 1 aliphatic carbocycles. The molecule has 1 aromatic rings. The number of rotatable bonds is 4. The fraction of sp³-hybridized carbons (Fsp3) is 0.562. The zero-order chi connectivity index (χ0) is 15.5. The second kappa shape index (κ2) is 6.18. The number of aryl methyl sites for hydroxylation is 1. The Balaban J connectivity index is 2.49. The third kappa shape index (κ3) is 2.84. The first kappa shape index (κ1) is 16.0. The molecule has 116 valence electrons. The van der Waals surface area contributed by atoms with Gasteiger partial charge in [-0.05, 0) is 38.8 Å². The summed E-state index contributed by atoms with van der Waals surface area (Å²) in [7, 11) is -3.74. The zero-order valence-electron chi connectivity index (χ0n) is 12.6. The van der Waals surface area contributed by atoms with Crippen LogP contribution in [0, 0.1) is 6.92 Å². The molecule has 0 amide bonds. The van der Waals surface area contributed by atoms with Gasteiger partial charge in [0.05, 0.1) is 11.5 Å². The highest BCUT2D eigenvalue weighted by atomic mass is 32.2. The average Bonchev–Trinajstić information content (AvgIpc) is 2.48. The highest BCUT2D eigenvalue weighted by Gasteiger charge is 2.52. The van der Waals surface area contributed by atoms with Gasteiger partial charge >= 0.3 is 5.97 Å². The molecule has 0 radical (unpaired) electrons. The molecule has 0 unspecified atom stereocenters. The van der Waals surface area contributed by atoms with Gasteiger partial charge in [0, 0.05) is 0 Å². The van der Waals surface area contributed by atoms with Crippen LogP contribution in [0.3, 0.4) is 0 Å². The van der Waals surface area contributed by atoms with Crippen LogP contribution in [0.25, 0.3) is 0 Å². The Kier molecular flexibility index (Phi) is 4.71. The van der Waals surface area contributed by atoms with Crippen LogP contribution >= 0.6 is 0 Å². The summed E-state index contributed by atoms with van der Waals surface area (Å²) in [5.74, 6) is -0.592. The molecule has 1 aliphatic rings. The molecule has 1 fully saturated rings. The topological polar surface area (TPSA) is 60.4 Å². The number of esters is 1. The summed E-state index contributed by atoms with van der Waals surface area (Å²) in [6.07, 6.45) is 3.14. The smallest absolute Gasteiger partial charge is 0.327 e. The van der Waals surface area contributed by atoms with Gasteiger partial charge in [-0.3, -0.25) is 4.79 Å². The van der Waals surface area contributed by atoms with Crippen molar-refractivity contribution in [2.75, 3.05) is 6.61 Å². The Bertz CT molecular complexity index is 596. The molecule has 0 atom stereocenters. The Labute approximate surface area is 126 Å². The summed E-state index contributed by atoms with van der Waals surface area (Å²) in [6.45, 7) is 3.80. The SMILES string of the molecule is CCOC(=O)C1(S(=O)(=O)c2ccc(C)cc2)CCCCC1. The molecule has 0 bridgehead atoms. The monoisotopic (exact) mass is 310 g/mol. The molecule has 0 aliphatic heterocycles. The minimum Gasteiger partial charge on any atom is -0.465 e. The van der Waals surface area contributed by atoms with Crippen molar-refractivity contribution >= 4 is 15.8 Å². The molecule has 0 heterocycles. The summed E-state index contributed by atoms with van der Waals surface area (Å²) in [5.41, 5.74) is 0.989. The van der Waals surface area contributed by atoms with Crippen molar-refractivity contribution in [1.82, 2.24) is 0 Å². The lowest BCUT2D eigenvalue weighted by atomic mass is 9.88. The van der Waals surface area contributed by atoms with E-state index >= 15 is 0 Å². The van der Waals surface area contributed by atoms with E-state index in [0.29, 0.717) is 12.8 Å². The number of hydrogen-bond acceptors (Lipinski definition) is 4. The van der Waals surface area contributed by atoms with E-state index in [1.807, 2.05) is 6.92 Å². The van der Waals surface area contributed by atoms with Gasteiger partial charge < -0.3 is 4.74 Å². The summed E-state index contributed by atoms with van der Waals surface area (Å²) < 4.78 is 29.8. The van der Waals surface area contributed by atoms with E-state index in [1.165, 1.54) is 0 Å². The lowest BCUT2D eigenvalue weighted by Gasteiger charge is -2.34. The van der Waals surface area contributed by atoms with Crippen molar-refractivity contribution in [3.63, 3.8) is 0 Å². The van der Waals surface area contributed by atoms with E-state index in [0.717, 1.165) is 24.8 Å². The minimum atomic E-state index is -3.74. The van der Waals surface area contributed by atoms with Crippen molar-refractivity contribution in [2.24, 2.45) is 0 Å². The van der Waals surface area contributed by atoms with Gasteiger partial charge in [-0.15, -0.1) is 0 Å². The fourth-order valence-electron chi connectivity index (χ4n) is 2.91. The van der Waals surface area contributed by atoms with Crippen LogP contribution in [0.5, 0.6) is 0 Å². The molecule has 5 heteroatoms. The summed E-state index contributed by atoms with van der Waals surface area (Å²) in [5, 5.41) is 0. The molecule has 1 aromatic carbocycles. The maximum absolute atomic E-state index is 13.0. The Morgan fingerprint density at radius 1 is 1.14 bits per heavy atom. The van der Waals surface area contributed by atoms with E-state index < -0.39 is 20.6 Å².